The van der Waals surface area contributed by atoms with Crippen LogP contribution in [0.15, 0.2) is 0 Å². The minimum absolute atomic E-state index is 0.325. The molecule has 1 unspecified atom stereocenters. The molecule has 2 nitrogen and oxygen atoms in total. The van der Waals surface area contributed by atoms with Crippen LogP contribution >= 0.6 is 0 Å². The minimum Gasteiger partial charge on any atom is -0.396 e. The highest BCUT2D eigenvalue weighted by atomic mass is 16.2. The first-order chi connectivity index (χ1) is 5.26. The van der Waals surface area contributed by atoms with Gasteiger partial charge in [-0.1, -0.05) is 13.8 Å². The summed E-state index contributed by atoms with van der Waals surface area (Å²) in [6.45, 7) is 9.14. The maximum atomic E-state index is 8.62. The number of nitrogens with zero attached hydrogens (tertiary/aromatic N) is 1. The lowest BCUT2D eigenvalue weighted by molar-refractivity contribution is 0.200. The lowest BCUT2D eigenvalue weighted by atomic mass is 10.1. The number of aliphatic hydroxyl groups is 1. The molecule has 0 fully saturated rings. The topological polar surface area (TPSA) is 23.5 Å². The Bertz CT molecular complexity index is 81.6. The summed E-state index contributed by atoms with van der Waals surface area (Å²) in [4.78, 5) is 2.41. The molecular weight excluding hydrogens is 138 g/mol. The van der Waals surface area contributed by atoms with E-state index in [1.54, 1.807) is 0 Å². The standard InChI is InChI=1S/C9H21NO/c1-4-10(5-2)9(3)7-6-8-11/h9,11H,4-8H2,1-3H3. The molecule has 0 aliphatic heterocycles. The monoisotopic (exact) mass is 159 g/mol. The molecule has 2 heteroatoms. The second-order valence-corrected chi connectivity index (χ2v) is 2.94. The third kappa shape index (κ3) is 4.38. The van der Waals surface area contributed by atoms with E-state index >= 15 is 0 Å². The van der Waals surface area contributed by atoms with Gasteiger partial charge in [-0.3, -0.25) is 0 Å². The Hall–Kier alpha value is -0.0800. The first kappa shape index (κ1) is 10.9. The van der Waals surface area contributed by atoms with E-state index in [1.807, 2.05) is 0 Å². The van der Waals surface area contributed by atoms with Gasteiger partial charge in [-0.15, -0.1) is 0 Å². The van der Waals surface area contributed by atoms with Gasteiger partial charge in [0, 0.05) is 12.6 Å². The van der Waals surface area contributed by atoms with Gasteiger partial charge in [0.25, 0.3) is 0 Å². The molecule has 0 spiro atoms. The van der Waals surface area contributed by atoms with Crippen LogP contribution in [0, 0.1) is 0 Å². The minimum atomic E-state index is 0.325. The summed E-state index contributed by atoms with van der Waals surface area (Å²) in [5, 5.41) is 8.62. The number of rotatable bonds is 6. The average Bonchev–Trinajstić information content (AvgIpc) is 2.03. The summed E-state index contributed by atoms with van der Waals surface area (Å²) in [6.07, 6.45) is 2.04. The Morgan fingerprint density at radius 3 is 2.18 bits per heavy atom. The van der Waals surface area contributed by atoms with E-state index in [2.05, 4.69) is 25.7 Å². The van der Waals surface area contributed by atoms with Crippen LogP contribution in [0.25, 0.3) is 0 Å². The van der Waals surface area contributed by atoms with Crippen LogP contribution in [0.5, 0.6) is 0 Å². The Labute approximate surface area is 70.2 Å². The van der Waals surface area contributed by atoms with E-state index in [-0.39, 0.29) is 0 Å². The Balaban J connectivity index is 3.51. The molecule has 1 atom stereocenters. The van der Waals surface area contributed by atoms with E-state index < -0.39 is 0 Å². The number of hydrogen-bond acceptors (Lipinski definition) is 2. The molecule has 0 aromatic carbocycles. The van der Waals surface area contributed by atoms with Gasteiger partial charge in [-0.05, 0) is 32.9 Å². The summed E-state index contributed by atoms with van der Waals surface area (Å²) in [5.41, 5.74) is 0. The molecule has 0 aromatic heterocycles. The molecule has 0 aliphatic rings. The van der Waals surface area contributed by atoms with Crippen LogP contribution in [0.4, 0.5) is 0 Å². The van der Waals surface area contributed by atoms with Crippen molar-refractivity contribution < 1.29 is 5.11 Å². The molecule has 1 N–H and O–H groups in total. The van der Waals surface area contributed by atoms with Crippen LogP contribution in [-0.4, -0.2) is 35.7 Å². The van der Waals surface area contributed by atoms with Crippen molar-refractivity contribution in [1.29, 1.82) is 0 Å². The first-order valence-corrected chi connectivity index (χ1v) is 4.61. The van der Waals surface area contributed by atoms with Crippen molar-refractivity contribution in [2.24, 2.45) is 0 Å². The molecule has 11 heavy (non-hydrogen) atoms. The third-order valence-electron chi connectivity index (χ3n) is 2.22. The first-order valence-electron chi connectivity index (χ1n) is 4.61. The summed E-state index contributed by atoms with van der Waals surface area (Å²) in [5.74, 6) is 0. The van der Waals surface area contributed by atoms with Crippen molar-refractivity contribution in [3.8, 4) is 0 Å². The van der Waals surface area contributed by atoms with Gasteiger partial charge in [0.05, 0.1) is 0 Å². The zero-order chi connectivity index (χ0) is 8.69. The molecule has 0 aromatic rings. The summed E-state index contributed by atoms with van der Waals surface area (Å²) in [6, 6.07) is 0.622. The molecule has 0 bridgehead atoms. The van der Waals surface area contributed by atoms with Gasteiger partial charge in [0.15, 0.2) is 0 Å². The average molecular weight is 159 g/mol. The van der Waals surface area contributed by atoms with Crippen molar-refractivity contribution in [3.63, 3.8) is 0 Å². The van der Waals surface area contributed by atoms with Crippen LogP contribution in [-0.2, 0) is 0 Å². The quantitative estimate of drug-likeness (QED) is 0.634. The summed E-state index contributed by atoms with van der Waals surface area (Å²) in [7, 11) is 0. The Morgan fingerprint density at radius 1 is 1.27 bits per heavy atom. The van der Waals surface area contributed by atoms with Crippen LogP contribution in [0.1, 0.15) is 33.6 Å². The third-order valence-corrected chi connectivity index (χ3v) is 2.22. The molecule has 0 saturated heterocycles. The van der Waals surface area contributed by atoms with Gasteiger partial charge in [0.2, 0.25) is 0 Å². The van der Waals surface area contributed by atoms with Crippen LogP contribution in [0.2, 0.25) is 0 Å². The van der Waals surface area contributed by atoms with Crippen molar-refractivity contribution in [3.05, 3.63) is 0 Å². The molecular formula is C9H21NO. The number of hydrogen-bond donors (Lipinski definition) is 1. The van der Waals surface area contributed by atoms with Gasteiger partial charge in [0.1, 0.15) is 0 Å². The fraction of sp³-hybridized carbons (Fsp3) is 1.00. The van der Waals surface area contributed by atoms with Crippen molar-refractivity contribution in [1.82, 2.24) is 4.90 Å². The zero-order valence-electron chi connectivity index (χ0n) is 8.01. The van der Waals surface area contributed by atoms with E-state index in [1.165, 1.54) is 0 Å². The van der Waals surface area contributed by atoms with E-state index in [0.29, 0.717) is 12.6 Å². The van der Waals surface area contributed by atoms with E-state index in [0.717, 1.165) is 25.9 Å². The highest BCUT2D eigenvalue weighted by Gasteiger charge is 2.07. The van der Waals surface area contributed by atoms with Crippen LogP contribution < -0.4 is 0 Å². The van der Waals surface area contributed by atoms with Crippen LogP contribution in [0.3, 0.4) is 0 Å². The fourth-order valence-corrected chi connectivity index (χ4v) is 1.42. The van der Waals surface area contributed by atoms with E-state index in [4.69, 9.17) is 5.11 Å². The predicted molar refractivity (Wildman–Crippen MR) is 48.7 cm³/mol. The predicted octanol–water partition coefficient (Wildman–Crippen LogP) is 1.49. The number of aliphatic hydroxyl groups excluding tert-OH is 1. The largest absolute Gasteiger partial charge is 0.396 e. The van der Waals surface area contributed by atoms with Gasteiger partial charge >= 0.3 is 0 Å². The second kappa shape index (κ2) is 6.62. The fourth-order valence-electron chi connectivity index (χ4n) is 1.42. The lowest BCUT2D eigenvalue weighted by Crippen LogP contribution is -2.32. The van der Waals surface area contributed by atoms with Gasteiger partial charge in [-0.25, -0.2) is 0 Å². The Kier molecular flexibility index (Phi) is 6.57. The second-order valence-electron chi connectivity index (χ2n) is 2.94. The van der Waals surface area contributed by atoms with E-state index in [9.17, 15) is 0 Å². The molecule has 0 saturated carbocycles. The zero-order valence-corrected chi connectivity index (χ0v) is 8.01. The molecule has 0 rings (SSSR count). The molecule has 0 heterocycles. The lowest BCUT2D eigenvalue weighted by Gasteiger charge is -2.25. The van der Waals surface area contributed by atoms with Crippen molar-refractivity contribution >= 4 is 0 Å². The molecule has 0 radical (unpaired) electrons. The van der Waals surface area contributed by atoms with Crippen molar-refractivity contribution in [2.45, 2.75) is 39.7 Å². The molecule has 0 aliphatic carbocycles. The maximum Gasteiger partial charge on any atom is 0.0431 e. The summed E-state index contributed by atoms with van der Waals surface area (Å²) >= 11 is 0. The smallest absolute Gasteiger partial charge is 0.0431 e. The Morgan fingerprint density at radius 2 is 1.82 bits per heavy atom. The summed E-state index contributed by atoms with van der Waals surface area (Å²) < 4.78 is 0. The molecule has 68 valence electrons. The maximum absolute atomic E-state index is 8.62. The van der Waals surface area contributed by atoms with Crippen molar-refractivity contribution in [2.75, 3.05) is 19.7 Å². The normalized spacial score (nSPS) is 13.9. The highest BCUT2D eigenvalue weighted by molar-refractivity contribution is 4.63. The van der Waals surface area contributed by atoms with Gasteiger partial charge < -0.3 is 10.0 Å². The molecule has 0 amide bonds. The highest BCUT2D eigenvalue weighted by Crippen LogP contribution is 2.04. The van der Waals surface area contributed by atoms with Gasteiger partial charge in [-0.2, -0.15) is 0 Å². The SMILES string of the molecule is CCN(CC)C(C)CCCO.